The Morgan fingerprint density at radius 3 is 2.65 bits per heavy atom. The second-order valence-corrected chi connectivity index (χ2v) is 6.12. The van der Waals surface area contributed by atoms with Gasteiger partial charge in [-0.15, -0.1) is 0 Å². The van der Waals surface area contributed by atoms with Crippen LogP contribution >= 0.6 is 0 Å². The Kier molecular flexibility index (Phi) is 4.95. The average Bonchev–Trinajstić information content (AvgIpc) is 2.41. The number of rotatable bonds is 3. The highest BCUT2D eigenvalue weighted by Gasteiger charge is 2.30. The van der Waals surface area contributed by atoms with Gasteiger partial charge < -0.3 is 15.7 Å². The molecule has 2 atom stereocenters. The van der Waals surface area contributed by atoms with Crippen LogP contribution < -0.4 is 5.73 Å². The van der Waals surface area contributed by atoms with E-state index in [0.29, 0.717) is 18.9 Å². The van der Waals surface area contributed by atoms with E-state index in [9.17, 15) is 9.90 Å². The molecule has 0 aromatic heterocycles. The zero-order chi connectivity index (χ0) is 13.1. The Bertz CT molecular complexity index is 261. The lowest BCUT2D eigenvalue weighted by molar-refractivity contribution is -0.132. The molecule has 4 heteroatoms. The van der Waals surface area contributed by atoms with Gasteiger partial charge in [-0.2, -0.15) is 0 Å². The summed E-state index contributed by atoms with van der Waals surface area (Å²) >= 11 is 0. The van der Waals surface area contributed by atoms with Crippen molar-refractivity contribution in [1.29, 1.82) is 0 Å². The van der Waals surface area contributed by atoms with Crippen LogP contribution in [0.4, 0.5) is 0 Å². The van der Waals surface area contributed by atoms with Crippen molar-refractivity contribution in [2.45, 2.75) is 46.1 Å². The number of carbonyl (C=O) groups excluding carboxylic acids is 1. The summed E-state index contributed by atoms with van der Waals surface area (Å²) in [4.78, 5) is 13.7. The SMILES string of the molecule is CC(C)(C)C1CCC(=O)N(CC(O)CN)CC1. The van der Waals surface area contributed by atoms with Crippen LogP contribution in [-0.4, -0.2) is 41.7 Å². The Hall–Kier alpha value is -0.610. The molecule has 0 aromatic carbocycles. The van der Waals surface area contributed by atoms with Crippen LogP contribution in [0.15, 0.2) is 0 Å². The lowest BCUT2D eigenvalue weighted by atomic mass is 9.77. The highest BCUT2D eigenvalue weighted by atomic mass is 16.3. The smallest absolute Gasteiger partial charge is 0.222 e. The van der Waals surface area contributed by atoms with Gasteiger partial charge in [0, 0.05) is 26.1 Å². The summed E-state index contributed by atoms with van der Waals surface area (Å²) in [5.74, 6) is 0.732. The Morgan fingerprint density at radius 2 is 2.12 bits per heavy atom. The first-order valence-electron chi connectivity index (χ1n) is 6.50. The third kappa shape index (κ3) is 4.28. The number of nitrogens with zero attached hydrogens (tertiary/aromatic N) is 1. The Balaban J connectivity index is 2.58. The molecule has 17 heavy (non-hydrogen) atoms. The van der Waals surface area contributed by atoms with Crippen LogP contribution in [0, 0.1) is 11.3 Å². The number of aliphatic hydroxyl groups is 1. The highest BCUT2D eigenvalue weighted by molar-refractivity contribution is 5.76. The average molecular weight is 242 g/mol. The summed E-state index contributed by atoms with van der Waals surface area (Å²) in [5.41, 5.74) is 5.64. The molecule has 4 nitrogen and oxygen atoms in total. The monoisotopic (exact) mass is 242 g/mol. The van der Waals surface area contributed by atoms with E-state index in [2.05, 4.69) is 20.8 Å². The van der Waals surface area contributed by atoms with Crippen molar-refractivity contribution in [3.05, 3.63) is 0 Å². The second kappa shape index (κ2) is 5.83. The van der Waals surface area contributed by atoms with Gasteiger partial charge in [0.05, 0.1) is 6.10 Å². The number of amides is 1. The first-order valence-corrected chi connectivity index (χ1v) is 6.50. The fourth-order valence-electron chi connectivity index (χ4n) is 2.42. The third-order valence-electron chi connectivity index (χ3n) is 3.73. The van der Waals surface area contributed by atoms with Crippen molar-refractivity contribution in [1.82, 2.24) is 4.90 Å². The molecule has 1 aliphatic heterocycles. The van der Waals surface area contributed by atoms with Gasteiger partial charge >= 0.3 is 0 Å². The summed E-state index contributed by atoms with van der Waals surface area (Å²) in [7, 11) is 0. The number of nitrogens with two attached hydrogens (primary N) is 1. The fourth-order valence-corrected chi connectivity index (χ4v) is 2.42. The Morgan fingerprint density at radius 1 is 1.47 bits per heavy atom. The molecule has 0 radical (unpaired) electrons. The molecule has 0 saturated carbocycles. The maximum atomic E-state index is 11.9. The lowest BCUT2D eigenvalue weighted by Crippen LogP contribution is -2.40. The van der Waals surface area contributed by atoms with Crippen LogP contribution in [-0.2, 0) is 4.79 Å². The molecule has 100 valence electrons. The van der Waals surface area contributed by atoms with Crippen molar-refractivity contribution in [2.75, 3.05) is 19.6 Å². The highest BCUT2D eigenvalue weighted by Crippen LogP contribution is 2.34. The topological polar surface area (TPSA) is 66.6 Å². The first-order chi connectivity index (χ1) is 7.84. The summed E-state index contributed by atoms with van der Waals surface area (Å²) < 4.78 is 0. The van der Waals surface area contributed by atoms with Crippen molar-refractivity contribution in [2.24, 2.45) is 17.1 Å². The predicted octanol–water partition coefficient (Wildman–Crippen LogP) is 0.981. The second-order valence-electron chi connectivity index (χ2n) is 6.12. The van der Waals surface area contributed by atoms with Gasteiger partial charge in [-0.05, 0) is 24.2 Å². The summed E-state index contributed by atoms with van der Waals surface area (Å²) in [5, 5.41) is 9.53. The van der Waals surface area contributed by atoms with E-state index in [-0.39, 0.29) is 17.9 Å². The van der Waals surface area contributed by atoms with Crippen LogP contribution in [0.1, 0.15) is 40.0 Å². The maximum Gasteiger partial charge on any atom is 0.222 e. The molecule has 1 fully saturated rings. The van der Waals surface area contributed by atoms with E-state index in [4.69, 9.17) is 5.73 Å². The normalized spacial score (nSPS) is 24.6. The minimum atomic E-state index is -0.592. The molecule has 1 heterocycles. The van der Waals surface area contributed by atoms with E-state index >= 15 is 0 Å². The van der Waals surface area contributed by atoms with E-state index in [0.717, 1.165) is 19.4 Å². The predicted molar refractivity (Wildman–Crippen MR) is 68.4 cm³/mol. The summed E-state index contributed by atoms with van der Waals surface area (Å²) in [6.45, 7) is 8.03. The molecule has 2 unspecified atom stereocenters. The van der Waals surface area contributed by atoms with Gasteiger partial charge in [-0.1, -0.05) is 20.8 Å². The van der Waals surface area contributed by atoms with Crippen molar-refractivity contribution >= 4 is 5.91 Å². The van der Waals surface area contributed by atoms with Crippen LogP contribution in [0.25, 0.3) is 0 Å². The van der Waals surface area contributed by atoms with Gasteiger partial charge in [0.1, 0.15) is 0 Å². The van der Waals surface area contributed by atoms with E-state index < -0.39 is 6.10 Å². The molecule has 1 saturated heterocycles. The maximum absolute atomic E-state index is 11.9. The van der Waals surface area contributed by atoms with E-state index in [1.54, 1.807) is 4.90 Å². The number of hydrogen-bond acceptors (Lipinski definition) is 3. The zero-order valence-electron chi connectivity index (χ0n) is 11.3. The molecule has 0 aliphatic carbocycles. The number of likely N-dealkylation sites (tertiary alicyclic amines) is 1. The van der Waals surface area contributed by atoms with Gasteiger partial charge in [-0.25, -0.2) is 0 Å². The molecule has 3 N–H and O–H groups in total. The van der Waals surface area contributed by atoms with Gasteiger partial charge in [-0.3, -0.25) is 4.79 Å². The molecule has 1 rings (SSSR count). The quantitative estimate of drug-likeness (QED) is 0.775. The number of carbonyl (C=O) groups is 1. The van der Waals surface area contributed by atoms with Crippen molar-refractivity contribution < 1.29 is 9.90 Å². The van der Waals surface area contributed by atoms with E-state index in [1.165, 1.54) is 0 Å². The number of hydrogen-bond donors (Lipinski definition) is 2. The Labute approximate surface area is 104 Å². The minimum Gasteiger partial charge on any atom is -0.390 e. The molecule has 0 bridgehead atoms. The van der Waals surface area contributed by atoms with Crippen LogP contribution in [0.5, 0.6) is 0 Å². The molecular formula is C13H26N2O2. The standard InChI is InChI=1S/C13H26N2O2/c1-13(2,3)10-4-5-12(17)15(7-6-10)9-11(16)8-14/h10-11,16H,4-9,14H2,1-3H3. The van der Waals surface area contributed by atoms with Crippen LogP contribution in [0.3, 0.4) is 0 Å². The molecule has 0 aromatic rings. The van der Waals surface area contributed by atoms with Crippen LogP contribution in [0.2, 0.25) is 0 Å². The molecular weight excluding hydrogens is 216 g/mol. The van der Waals surface area contributed by atoms with Crippen molar-refractivity contribution in [3.8, 4) is 0 Å². The molecule has 1 aliphatic rings. The zero-order valence-corrected chi connectivity index (χ0v) is 11.3. The van der Waals surface area contributed by atoms with Gasteiger partial charge in [0.2, 0.25) is 5.91 Å². The van der Waals surface area contributed by atoms with Crippen molar-refractivity contribution in [3.63, 3.8) is 0 Å². The lowest BCUT2D eigenvalue weighted by Gasteiger charge is -2.29. The van der Waals surface area contributed by atoms with E-state index in [1.807, 2.05) is 0 Å². The summed E-state index contributed by atoms with van der Waals surface area (Å²) in [6.07, 6.45) is 1.98. The third-order valence-corrected chi connectivity index (χ3v) is 3.73. The minimum absolute atomic E-state index is 0.157. The molecule has 0 spiro atoms. The fraction of sp³-hybridized carbons (Fsp3) is 0.923. The first kappa shape index (κ1) is 14.5. The number of aliphatic hydroxyl groups excluding tert-OH is 1. The number of β-amino-alcohol motifs (C(OH)–C–C–N with tert-alkyl or cyclic N) is 1. The van der Waals surface area contributed by atoms with Gasteiger partial charge in [0.15, 0.2) is 0 Å². The summed E-state index contributed by atoms with van der Waals surface area (Å²) in [6, 6.07) is 0. The largest absolute Gasteiger partial charge is 0.390 e. The van der Waals surface area contributed by atoms with Gasteiger partial charge in [0.25, 0.3) is 0 Å². The molecule has 1 amide bonds.